The predicted molar refractivity (Wildman–Crippen MR) is 334 cm³/mol. The van der Waals surface area contributed by atoms with Gasteiger partial charge < -0.3 is 24.2 Å². The molecule has 11 nitrogen and oxygen atoms in total. The van der Waals surface area contributed by atoms with Crippen molar-refractivity contribution >= 4 is 25.7 Å². The summed E-state index contributed by atoms with van der Waals surface area (Å²) in [7, 11) is -4.80. The van der Waals surface area contributed by atoms with Crippen LogP contribution in [0.5, 0.6) is 0 Å². The Balaban J connectivity index is 4.89. The zero-order chi connectivity index (χ0) is 58.3. The first-order valence-electron chi connectivity index (χ1n) is 30.7. The van der Waals surface area contributed by atoms with Gasteiger partial charge in [-0.3, -0.25) is 23.4 Å². The number of phosphoric acid groups is 1. The van der Waals surface area contributed by atoms with Gasteiger partial charge in [-0.2, -0.15) is 0 Å². The van der Waals surface area contributed by atoms with Gasteiger partial charge in [0.05, 0.1) is 19.8 Å². The molecule has 0 rings (SSSR count). The molecular weight excluding hydrogens is 1020 g/mol. The molecule has 0 aliphatic carbocycles. The highest BCUT2D eigenvalue weighted by Gasteiger charge is 2.28. The summed E-state index contributed by atoms with van der Waals surface area (Å²) in [5.74, 6) is -1.67. The van der Waals surface area contributed by atoms with E-state index in [1.807, 2.05) is 24.3 Å². The molecule has 452 valence electrons. The van der Waals surface area contributed by atoms with Crippen LogP contribution in [0.4, 0.5) is 0 Å². The predicted octanol–water partition coefficient (Wildman–Crippen LogP) is 18.7. The first kappa shape index (κ1) is 75.4. The Morgan fingerprint density at radius 1 is 0.362 bits per heavy atom. The summed E-state index contributed by atoms with van der Waals surface area (Å²) >= 11 is 0. The molecule has 0 aromatic rings. The van der Waals surface area contributed by atoms with Crippen LogP contribution in [-0.2, 0) is 42.2 Å². The molecule has 0 fully saturated rings. The Labute approximate surface area is 486 Å². The van der Waals surface area contributed by atoms with Crippen molar-refractivity contribution in [1.82, 2.24) is 0 Å². The monoisotopic (exact) mass is 1130 g/mol. The summed E-state index contributed by atoms with van der Waals surface area (Å²) < 4.78 is 39.4. The maximum atomic E-state index is 12.9. The molecule has 12 heteroatoms. The van der Waals surface area contributed by atoms with Crippen molar-refractivity contribution in [3.8, 4) is 0 Å². The number of aliphatic hydroxyl groups excluding tert-OH is 1. The zero-order valence-corrected chi connectivity index (χ0v) is 50.9. The fourth-order valence-electron chi connectivity index (χ4n) is 7.70. The maximum absolute atomic E-state index is 12.9. The number of unbranched alkanes of at least 4 members (excludes halogenated alkanes) is 14. The minimum Gasteiger partial charge on any atom is -0.462 e. The molecule has 0 aromatic heterocycles. The van der Waals surface area contributed by atoms with Gasteiger partial charge in [0.1, 0.15) is 12.7 Å². The lowest BCUT2D eigenvalue weighted by atomic mass is 10.0. The Hall–Kier alpha value is -4.64. The SMILES string of the molecule is CC/C=C\C/C=C\C/C=C\C/C=C\C/C=C\C/C=C\CCC(=O)OC(CO)COP(=O)(O)OCC(COC(=O)CCCCCCCCCCCCCCCCC)OC(=O)CC/C=C\C/C=C\C/C=C\C/C=C\C/C=C\C/C=C\CC. The molecule has 0 aromatic carbocycles. The molecule has 0 aliphatic heterocycles. The van der Waals surface area contributed by atoms with Crippen molar-refractivity contribution in [1.29, 1.82) is 0 Å². The van der Waals surface area contributed by atoms with Crippen molar-refractivity contribution in [2.75, 3.05) is 26.4 Å². The smallest absolute Gasteiger partial charge is 0.462 e. The van der Waals surface area contributed by atoms with Crippen LogP contribution in [0, 0.1) is 0 Å². The molecule has 0 heterocycles. The number of ether oxygens (including phenoxy) is 3. The van der Waals surface area contributed by atoms with Gasteiger partial charge in [0, 0.05) is 19.3 Å². The highest BCUT2D eigenvalue weighted by Crippen LogP contribution is 2.43. The van der Waals surface area contributed by atoms with Crippen LogP contribution < -0.4 is 0 Å². The summed E-state index contributed by atoms with van der Waals surface area (Å²) in [5.41, 5.74) is 0. The Bertz CT molecular complexity index is 1900. The molecule has 3 atom stereocenters. The summed E-state index contributed by atoms with van der Waals surface area (Å²) in [6.07, 6.45) is 78.3. The molecule has 3 unspecified atom stereocenters. The topological polar surface area (TPSA) is 155 Å². The van der Waals surface area contributed by atoms with Crippen LogP contribution >= 0.6 is 7.82 Å². The minimum atomic E-state index is -4.80. The van der Waals surface area contributed by atoms with Crippen molar-refractivity contribution in [3.63, 3.8) is 0 Å². The van der Waals surface area contributed by atoms with E-state index in [0.29, 0.717) is 32.1 Å². The maximum Gasteiger partial charge on any atom is 0.472 e. The van der Waals surface area contributed by atoms with Crippen molar-refractivity contribution in [3.05, 3.63) is 146 Å². The van der Waals surface area contributed by atoms with Crippen LogP contribution in [0.1, 0.15) is 226 Å². The Morgan fingerprint density at radius 2 is 0.650 bits per heavy atom. The van der Waals surface area contributed by atoms with Crippen LogP contribution in [0.15, 0.2) is 146 Å². The lowest BCUT2D eigenvalue weighted by molar-refractivity contribution is -0.161. The summed E-state index contributed by atoms with van der Waals surface area (Å²) in [6, 6.07) is 0. The molecule has 0 radical (unpaired) electrons. The number of allylic oxidation sites excluding steroid dienone is 24. The van der Waals surface area contributed by atoms with Gasteiger partial charge in [-0.25, -0.2) is 4.57 Å². The number of aliphatic hydroxyl groups is 1. The third-order valence-corrected chi connectivity index (χ3v) is 13.2. The third-order valence-electron chi connectivity index (χ3n) is 12.3. The van der Waals surface area contributed by atoms with Gasteiger partial charge >= 0.3 is 25.7 Å². The van der Waals surface area contributed by atoms with Gasteiger partial charge in [-0.15, -0.1) is 0 Å². The average molecular weight is 1130 g/mol. The van der Waals surface area contributed by atoms with Gasteiger partial charge in [0.2, 0.25) is 0 Å². The lowest BCUT2D eigenvalue weighted by Gasteiger charge is -2.21. The van der Waals surface area contributed by atoms with Gasteiger partial charge in [0.25, 0.3) is 0 Å². The van der Waals surface area contributed by atoms with E-state index < -0.39 is 57.8 Å². The van der Waals surface area contributed by atoms with E-state index in [-0.39, 0.29) is 25.9 Å². The molecule has 0 saturated carbocycles. The van der Waals surface area contributed by atoms with E-state index in [1.54, 1.807) is 0 Å². The van der Waals surface area contributed by atoms with E-state index >= 15 is 0 Å². The standard InChI is InChI=1S/C68H109O11P/c1-4-7-10-13-16-19-22-25-28-30-32-34-37-40-43-46-49-52-55-58-67(71)78-64(60-69)62-76-80(73,74)77-63-65(61-75-66(70)57-54-51-48-45-42-39-36-27-24-21-18-15-12-9-6-3)79-68(72)59-56-53-50-47-44-41-38-35-33-31-29-26-23-20-17-14-11-8-5-2/h7-8,10-11,16-17,19-20,25-26,28-29,32-35,40-41,43-44,49-50,52-53,64-65,69H,4-6,9,12-15,18,21-24,27,30-31,36-39,42,45-48,51,54-63H2,1-3H3,(H,73,74)/b10-7-,11-8-,19-16-,20-17-,28-25-,29-26-,34-32-,35-33-,43-40-,44-41-,52-49-,53-50-. The summed E-state index contributed by atoms with van der Waals surface area (Å²) in [5, 5.41) is 9.83. The van der Waals surface area contributed by atoms with Crippen molar-refractivity contribution < 1.29 is 52.2 Å². The number of esters is 3. The van der Waals surface area contributed by atoms with E-state index in [4.69, 9.17) is 23.3 Å². The number of hydrogen-bond acceptors (Lipinski definition) is 10. The molecular formula is C68H109O11P. The fraction of sp³-hybridized carbons (Fsp3) is 0.603. The van der Waals surface area contributed by atoms with Crippen LogP contribution in [0.3, 0.4) is 0 Å². The Morgan fingerprint density at radius 3 is 0.975 bits per heavy atom. The van der Waals surface area contributed by atoms with E-state index in [0.717, 1.165) is 83.5 Å². The number of carbonyl (C=O) groups is 3. The fourth-order valence-corrected chi connectivity index (χ4v) is 8.49. The van der Waals surface area contributed by atoms with E-state index in [2.05, 4.69) is 142 Å². The second-order valence-electron chi connectivity index (χ2n) is 19.8. The van der Waals surface area contributed by atoms with Gasteiger partial charge in [-0.05, 0) is 96.3 Å². The quantitative estimate of drug-likeness (QED) is 0.0197. The third kappa shape index (κ3) is 58.0. The average Bonchev–Trinajstić information content (AvgIpc) is 3.45. The zero-order valence-electron chi connectivity index (χ0n) is 50.0. The minimum absolute atomic E-state index is 0.0304. The summed E-state index contributed by atoms with van der Waals surface area (Å²) in [6.45, 7) is 4.25. The second-order valence-corrected chi connectivity index (χ2v) is 21.2. The largest absolute Gasteiger partial charge is 0.472 e. The second kappa shape index (κ2) is 60.5. The first-order chi connectivity index (χ1) is 39.2. The normalized spacial score (nSPS) is 14.3. The van der Waals surface area contributed by atoms with Crippen LogP contribution in [0.25, 0.3) is 0 Å². The highest BCUT2D eigenvalue weighted by atomic mass is 31.2. The molecule has 2 N–H and O–H groups in total. The Kier molecular flexibility index (Phi) is 56.9. The molecule has 0 aliphatic rings. The molecule has 0 spiro atoms. The number of phosphoric ester groups is 1. The number of rotatable bonds is 55. The highest BCUT2D eigenvalue weighted by molar-refractivity contribution is 7.47. The number of hydrogen-bond donors (Lipinski definition) is 2. The molecule has 0 amide bonds. The van der Waals surface area contributed by atoms with Crippen LogP contribution in [0.2, 0.25) is 0 Å². The lowest BCUT2D eigenvalue weighted by Crippen LogP contribution is -2.30. The van der Waals surface area contributed by atoms with Crippen molar-refractivity contribution in [2.45, 2.75) is 238 Å². The van der Waals surface area contributed by atoms with Crippen LogP contribution in [-0.4, -0.2) is 66.5 Å². The van der Waals surface area contributed by atoms with E-state index in [1.165, 1.54) is 70.6 Å². The molecule has 0 bridgehead atoms. The van der Waals surface area contributed by atoms with Crippen molar-refractivity contribution in [2.24, 2.45) is 0 Å². The number of carbonyl (C=O) groups excluding carboxylic acids is 3. The molecule has 80 heavy (non-hydrogen) atoms. The van der Waals surface area contributed by atoms with E-state index in [9.17, 15) is 28.9 Å². The molecule has 0 saturated heterocycles. The first-order valence-corrected chi connectivity index (χ1v) is 32.2. The summed E-state index contributed by atoms with van der Waals surface area (Å²) in [4.78, 5) is 48.6. The van der Waals surface area contributed by atoms with Gasteiger partial charge in [-0.1, -0.05) is 256 Å². The van der Waals surface area contributed by atoms with Gasteiger partial charge in [0.15, 0.2) is 6.10 Å².